The number of ether oxygens (including phenoxy) is 1. The molecule has 0 aliphatic carbocycles. The van der Waals surface area contributed by atoms with Crippen molar-refractivity contribution in [2.75, 3.05) is 31.6 Å². The highest BCUT2D eigenvalue weighted by Gasteiger charge is 2.27. The zero-order valence-corrected chi connectivity index (χ0v) is 20.3. The maximum atomic E-state index is 13.2. The van der Waals surface area contributed by atoms with Crippen molar-refractivity contribution in [2.45, 2.75) is 19.0 Å². The normalized spacial score (nSPS) is 16.1. The fraction of sp³-hybridized carbons (Fsp3) is 0.346. The van der Waals surface area contributed by atoms with E-state index < -0.39 is 0 Å². The summed E-state index contributed by atoms with van der Waals surface area (Å²) in [6.07, 6.45) is 0.861. The lowest BCUT2D eigenvalue weighted by Gasteiger charge is -2.34. The second kappa shape index (κ2) is 9.42. The average molecular weight is 475 g/mol. The number of imidazole rings is 1. The van der Waals surface area contributed by atoms with Gasteiger partial charge in [0.15, 0.2) is 11.2 Å². The van der Waals surface area contributed by atoms with Crippen LogP contribution in [0.5, 0.6) is 5.75 Å². The fourth-order valence-electron chi connectivity index (χ4n) is 4.78. The number of hydrogen-bond donors (Lipinski definition) is 1. The Morgan fingerprint density at radius 2 is 1.74 bits per heavy atom. The van der Waals surface area contributed by atoms with Gasteiger partial charge >= 0.3 is 5.69 Å². The number of piperazine rings is 1. The Morgan fingerprint density at radius 1 is 1.00 bits per heavy atom. The predicted molar refractivity (Wildman–Crippen MR) is 136 cm³/mol. The number of rotatable bonds is 6. The van der Waals surface area contributed by atoms with Crippen molar-refractivity contribution in [1.82, 2.24) is 24.0 Å². The van der Waals surface area contributed by atoms with E-state index >= 15 is 0 Å². The minimum Gasteiger partial charge on any atom is -0.497 e. The van der Waals surface area contributed by atoms with Gasteiger partial charge in [0, 0.05) is 39.8 Å². The van der Waals surface area contributed by atoms with E-state index in [4.69, 9.17) is 9.72 Å². The van der Waals surface area contributed by atoms with Gasteiger partial charge in [-0.15, -0.1) is 0 Å². The number of methoxy groups -OCH3 is 1. The maximum Gasteiger partial charge on any atom is 0.332 e. The van der Waals surface area contributed by atoms with Crippen LogP contribution in [0.4, 0.5) is 5.95 Å². The minimum atomic E-state index is -0.379. The number of nitrogens with one attached hydrogen (secondary N) is 1. The summed E-state index contributed by atoms with van der Waals surface area (Å²) in [4.78, 5) is 32.9. The second-order valence-electron chi connectivity index (χ2n) is 9.01. The van der Waals surface area contributed by atoms with E-state index in [1.54, 1.807) is 14.2 Å². The van der Waals surface area contributed by atoms with Crippen LogP contribution in [0.2, 0.25) is 0 Å². The summed E-state index contributed by atoms with van der Waals surface area (Å²) in [6, 6.07) is 18.4. The Hall–Kier alpha value is -3.85. The van der Waals surface area contributed by atoms with Crippen LogP contribution < -0.4 is 26.2 Å². The third kappa shape index (κ3) is 4.35. The summed E-state index contributed by atoms with van der Waals surface area (Å²) in [6.45, 7) is 2.78. The van der Waals surface area contributed by atoms with Crippen LogP contribution >= 0.6 is 0 Å². The van der Waals surface area contributed by atoms with Crippen molar-refractivity contribution in [3.05, 3.63) is 86.6 Å². The van der Waals surface area contributed by atoms with Crippen molar-refractivity contribution in [1.29, 1.82) is 0 Å². The van der Waals surface area contributed by atoms with Crippen LogP contribution in [0.3, 0.4) is 0 Å². The highest BCUT2D eigenvalue weighted by Crippen LogP contribution is 2.23. The second-order valence-corrected chi connectivity index (χ2v) is 9.01. The van der Waals surface area contributed by atoms with Gasteiger partial charge in [0.25, 0.3) is 5.56 Å². The quantitative estimate of drug-likeness (QED) is 0.456. The van der Waals surface area contributed by atoms with Crippen molar-refractivity contribution in [3.8, 4) is 5.75 Å². The molecule has 1 N–H and O–H groups in total. The molecule has 1 aliphatic rings. The summed E-state index contributed by atoms with van der Waals surface area (Å²) >= 11 is 0. The summed E-state index contributed by atoms with van der Waals surface area (Å²) in [5.74, 6) is 1.55. The zero-order valence-electron chi connectivity index (χ0n) is 20.3. The third-order valence-corrected chi connectivity index (χ3v) is 6.69. The number of hydrogen-bond acceptors (Lipinski definition) is 6. The van der Waals surface area contributed by atoms with Gasteiger partial charge in [-0.1, -0.05) is 42.5 Å². The zero-order chi connectivity index (χ0) is 24.5. The first-order chi connectivity index (χ1) is 17.0. The van der Waals surface area contributed by atoms with Gasteiger partial charge in [-0.25, -0.2) is 4.79 Å². The van der Waals surface area contributed by atoms with Crippen LogP contribution in [-0.2, 0) is 27.1 Å². The molecule has 2 aromatic carbocycles. The first kappa shape index (κ1) is 22.9. The molecule has 1 aliphatic heterocycles. The van der Waals surface area contributed by atoms with Gasteiger partial charge in [0.05, 0.1) is 13.7 Å². The van der Waals surface area contributed by atoms with Crippen molar-refractivity contribution < 1.29 is 4.74 Å². The topological polar surface area (TPSA) is 86.3 Å². The first-order valence-electron chi connectivity index (χ1n) is 11.8. The monoisotopic (exact) mass is 474 g/mol. The van der Waals surface area contributed by atoms with Gasteiger partial charge in [-0.05, 0) is 29.7 Å². The molecule has 0 saturated carbocycles. The Bertz CT molecular complexity index is 1450. The number of fused-ring (bicyclic) bond motifs is 1. The molecule has 4 aromatic rings. The molecule has 1 fully saturated rings. The lowest BCUT2D eigenvalue weighted by atomic mass is 10.0. The van der Waals surface area contributed by atoms with Gasteiger partial charge in [0.1, 0.15) is 5.75 Å². The van der Waals surface area contributed by atoms with Crippen molar-refractivity contribution >= 4 is 17.1 Å². The van der Waals surface area contributed by atoms with E-state index in [2.05, 4.69) is 22.3 Å². The number of aromatic nitrogens is 4. The SMILES string of the molecule is COc1ccc(C[C@@H]2CN(c3nc4c(c(=O)n(C)c(=O)n4C)n3Cc3ccccc3)CCN2)cc1. The molecule has 9 heteroatoms. The first-order valence-corrected chi connectivity index (χ1v) is 11.8. The number of aryl methyl sites for hydroxylation is 1. The van der Waals surface area contributed by atoms with E-state index in [-0.39, 0.29) is 17.3 Å². The fourth-order valence-corrected chi connectivity index (χ4v) is 4.78. The highest BCUT2D eigenvalue weighted by atomic mass is 16.5. The van der Waals surface area contributed by atoms with Gasteiger partial charge in [-0.2, -0.15) is 4.98 Å². The van der Waals surface area contributed by atoms with Crippen molar-refractivity contribution in [2.24, 2.45) is 14.1 Å². The van der Waals surface area contributed by atoms with E-state index in [0.29, 0.717) is 23.7 Å². The number of anilines is 1. The van der Waals surface area contributed by atoms with E-state index in [1.165, 1.54) is 17.2 Å². The van der Waals surface area contributed by atoms with E-state index in [1.807, 2.05) is 47.0 Å². The molecule has 0 radical (unpaired) electrons. The minimum absolute atomic E-state index is 0.216. The van der Waals surface area contributed by atoms with E-state index in [9.17, 15) is 9.59 Å². The van der Waals surface area contributed by atoms with Gasteiger partial charge in [0.2, 0.25) is 5.95 Å². The Morgan fingerprint density at radius 3 is 2.46 bits per heavy atom. The standard InChI is InChI=1S/C26H30N6O3/c1-29-23-22(24(33)30(2)26(29)34)32(16-19-7-5-4-6-8-19)25(28-23)31-14-13-27-20(17-31)15-18-9-11-21(35-3)12-10-18/h4-12,20,27H,13-17H2,1-3H3/t20-/m1/s1. The van der Waals surface area contributed by atoms with Gasteiger partial charge < -0.3 is 15.0 Å². The summed E-state index contributed by atoms with van der Waals surface area (Å²) < 4.78 is 9.84. The lowest BCUT2D eigenvalue weighted by Crippen LogP contribution is -2.52. The molecule has 0 spiro atoms. The van der Waals surface area contributed by atoms with Crippen LogP contribution in [0.25, 0.3) is 11.2 Å². The Kier molecular flexibility index (Phi) is 6.17. The van der Waals surface area contributed by atoms with Gasteiger partial charge in [-0.3, -0.25) is 18.5 Å². The molecule has 182 valence electrons. The molecular formula is C26H30N6O3. The smallest absolute Gasteiger partial charge is 0.332 e. The summed E-state index contributed by atoms with van der Waals surface area (Å²) in [5.41, 5.74) is 2.43. The molecule has 35 heavy (non-hydrogen) atoms. The van der Waals surface area contributed by atoms with Crippen LogP contribution in [0.1, 0.15) is 11.1 Å². The number of nitrogens with zero attached hydrogens (tertiary/aromatic N) is 5. The molecule has 3 heterocycles. The summed E-state index contributed by atoms with van der Waals surface area (Å²) in [5, 5.41) is 3.61. The maximum absolute atomic E-state index is 13.2. The Balaban J connectivity index is 1.53. The molecule has 1 saturated heterocycles. The molecule has 9 nitrogen and oxygen atoms in total. The number of benzene rings is 2. The predicted octanol–water partition coefficient (Wildman–Crippen LogP) is 1.51. The highest BCUT2D eigenvalue weighted by molar-refractivity contribution is 5.75. The van der Waals surface area contributed by atoms with E-state index in [0.717, 1.165) is 41.9 Å². The largest absolute Gasteiger partial charge is 0.497 e. The van der Waals surface area contributed by atoms with Crippen molar-refractivity contribution in [3.63, 3.8) is 0 Å². The van der Waals surface area contributed by atoms with Crippen LogP contribution in [-0.4, -0.2) is 51.5 Å². The molecular weight excluding hydrogens is 444 g/mol. The lowest BCUT2D eigenvalue weighted by molar-refractivity contribution is 0.414. The average Bonchev–Trinajstić information content (AvgIpc) is 3.26. The van der Waals surface area contributed by atoms with Crippen LogP contribution in [0.15, 0.2) is 64.2 Å². The Labute approximate surface area is 203 Å². The third-order valence-electron chi connectivity index (χ3n) is 6.69. The molecule has 0 amide bonds. The summed E-state index contributed by atoms with van der Waals surface area (Å²) in [7, 11) is 4.84. The molecule has 5 rings (SSSR count). The molecule has 0 bridgehead atoms. The molecule has 1 atom stereocenters. The van der Waals surface area contributed by atoms with Crippen LogP contribution in [0, 0.1) is 0 Å². The molecule has 0 unspecified atom stereocenters. The molecule has 2 aromatic heterocycles.